The van der Waals surface area contributed by atoms with Gasteiger partial charge in [0.15, 0.2) is 11.5 Å². The number of fused-ring (bicyclic) bond motifs is 1. The fraction of sp³-hybridized carbons (Fsp3) is 0.222. The number of nitrogens with one attached hydrogen (secondary N) is 1. The molecule has 26 heavy (non-hydrogen) atoms. The number of hydrogen-bond acceptors (Lipinski definition) is 6. The van der Waals surface area contributed by atoms with Gasteiger partial charge in [0, 0.05) is 23.6 Å². The predicted octanol–water partition coefficient (Wildman–Crippen LogP) is 1.97. The van der Waals surface area contributed by atoms with Crippen LogP contribution in [0.3, 0.4) is 0 Å². The second-order valence-electron chi connectivity index (χ2n) is 5.56. The van der Waals surface area contributed by atoms with Crippen LogP contribution in [0.15, 0.2) is 42.7 Å². The molecule has 1 N–H and O–H groups in total. The third-order valence-corrected chi connectivity index (χ3v) is 4.50. The summed E-state index contributed by atoms with van der Waals surface area (Å²) in [7, 11) is 0.618. The van der Waals surface area contributed by atoms with E-state index in [-0.39, 0.29) is 0 Å². The van der Waals surface area contributed by atoms with E-state index in [0.717, 1.165) is 27.7 Å². The Labute approximate surface area is 153 Å². The van der Waals surface area contributed by atoms with Crippen LogP contribution < -0.4 is 14.2 Å². The Morgan fingerprint density at radius 1 is 1.00 bits per heavy atom. The number of aromatic nitrogens is 2. The van der Waals surface area contributed by atoms with E-state index < -0.39 is 10.9 Å². The highest BCUT2D eigenvalue weighted by molar-refractivity contribution is 7.70. The first-order chi connectivity index (χ1) is 12.6. The van der Waals surface area contributed by atoms with Crippen molar-refractivity contribution in [2.24, 2.45) is 0 Å². The molecule has 0 aliphatic rings. The molecule has 0 radical (unpaired) electrons. The van der Waals surface area contributed by atoms with Crippen molar-refractivity contribution < 1.29 is 17.9 Å². The van der Waals surface area contributed by atoms with Crippen LogP contribution in [-0.4, -0.2) is 39.2 Å². The summed E-state index contributed by atoms with van der Waals surface area (Å²) >= 11 is 0. The van der Waals surface area contributed by atoms with Crippen LogP contribution in [0.2, 0.25) is 0 Å². The van der Waals surface area contributed by atoms with Crippen LogP contribution in [0.5, 0.6) is 11.5 Å². The fourth-order valence-electron chi connectivity index (χ4n) is 2.73. The van der Waals surface area contributed by atoms with Crippen molar-refractivity contribution >= 4 is 21.8 Å². The predicted molar refractivity (Wildman–Crippen MR) is 100 cm³/mol. The summed E-state index contributed by atoms with van der Waals surface area (Å²) in [6.07, 6.45) is 2.14. The van der Waals surface area contributed by atoms with Crippen molar-refractivity contribution in [3.63, 3.8) is 0 Å². The van der Waals surface area contributed by atoms with Gasteiger partial charge in [0.2, 0.25) is 10.9 Å². The zero-order chi connectivity index (χ0) is 18.5. The highest BCUT2D eigenvalue weighted by Gasteiger charge is 2.12. The zero-order valence-corrected chi connectivity index (χ0v) is 15.3. The van der Waals surface area contributed by atoms with Gasteiger partial charge in [0.05, 0.1) is 25.4 Å². The lowest BCUT2D eigenvalue weighted by Crippen LogP contribution is -2.14. The molecule has 136 valence electrons. The van der Waals surface area contributed by atoms with Crippen LogP contribution in [0.25, 0.3) is 22.2 Å². The van der Waals surface area contributed by atoms with Crippen LogP contribution >= 0.6 is 0 Å². The Kier molecular flexibility index (Phi) is 5.65. The molecule has 8 heteroatoms. The van der Waals surface area contributed by atoms with Gasteiger partial charge >= 0.3 is 0 Å². The van der Waals surface area contributed by atoms with Crippen molar-refractivity contribution in [2.75, 3.05) is 20.8 Å². The number of rotatable bonds is 7. The molecule has 3 aromatic rings. The summed E-state index contributed by atoms with van der Waals surface area (Å²) in [4.78, 5) is 8.74. The van der Waals surface area contributed by atoms with E-state index in [1.165, 1.54) is 6.33 Å². The number of ether oxygens (including phenoxy) is 2. The summed E-state index contributed by atoms with van der Waals surface area (Å²) in [5.41, 5.74) is 3.54. The van der Waals surface area contributed by atoms with E-state index >= 15 is 0 Å². The number of hydrogen-bond donors (Lipinski definition) is 2. The molecule has 0 saturated carbocycles. The average molecular weight is 373 g/mol. The van der Waals surface area contributed by atoms with Gasteiger partial charge in [-0.15, -0.1) is 0 Å². The van der Waals surface area contributed by atoms with Crippen LogP contribution in [0.4, 0.5) is 0 Å². The third kappa shape index (κ3) is 3.92. The molecule has 1 heterocycles. The molecule has 0 spiro atoms. The van der Waals surface area contributed by atoms with Crippen LogP contribution in [0, 0.1) is 0 Å². The first-order valence-corrected chi connectivity index (χ1v) is 9.14. The summed E-state index contributed by atoms with van der Waals surface area (Å²) in [5.74, 6) is 1.23. The Morgan fingerprint density at radius 3 is 2.35 bits per heavy atom. The Balaban J connectivity index is 1.94. The van der Waals surface area contributed by atoms with E-state index in [0.29, 0.717) is 24.5 Å². The lowest BCUT2D eigenvalue weighted by atomic mass is 10.0. The Morgan fingerprint density at radius 2 is 1.69 bits per heavy atom. The molecular formula is C18H19N3O4S. The molecule has 0 saturated heterocycles. The maximum absolute atomic E-state index is 10.5. The van der Waals surface area contributed by atoms with Crippen LogP contribution in [-0.2, 0) is 17.3 Å². The van der Waals surface area contributed by atoms with Crippen LogP contribution in [0.1, 0.15) is 5.56 Å². The van der Waals surface area contributed by atoms with Crippen molar-refractivity contribution in [1.29, 1.82) is 0 Å². The molecule has 0 aliphatic heterocycles. The molecule has 0 amide bonds. The fourth-order valence-corrected chi connectivity index (χ4v) is 3.03. The molecule has 3 rings (SSSR count). The normalized spacial score (nSPS) is 11.0. The van der Waals surface area contributed by atoms with E-state index in [1.807, 2.05) is 36.4 Å². The van der Waals surface area contributed by atoms with Gasteiger partial charge < -0.3 is 9.47 Å². The number of thiol groups is 1. The second kappa shape index (κ2) is 8.11. The zero-order valence-electron chi connectivity index (χ0n) is 14.4. The van der Waals surface area contributed by atoms with Gasteiger partial charge in [-0.1, -0.05) is 24.3 Å². The van der Waals surface area contributed by atoms with E-state index in [4.69, 9.17) is 9.47 Å². The second-order valence-corrected chi connectivity index (χ2v) is 6.39. The van der Waals surface area contributed by atoms with Gasteiger partial charge in [-0.2, -0.15) is 0 Å². The summed E-state index contributed by atoms with van der Waals surface area (Å²) < 4.78 is 34.2. The Hall–Kier alpha value is -2.71. The van der Waals surface area contributed by atoms with E-state index in [2.05, 4.69) is 14.7 Å². The maximum atomic E-state index is 10.5. The lowest BCUT2D eigenvalue weighted by Gasteiger charge is -2.11. The molecule has 0 unspecified atom stereocenters. The summed E-state index contributed by atoms with van der Waals surface area (Å²) in [6, 6.07) is 11.5. The number of methoxy groups -OCH3 is 2. The maximum Gasteiger partial charge on any atom is 0.201 e. The number of nitrogens with zero attached hydrogens (tertiary/aromatic N) is 2. The molecule has 1 aromatic heterocycles. The average Bonchev–Trinajstić information content (AvgIpc) is 2.66. The first kappa shape index (κ1) is 18.1. The number of benzene rings is 2. The standard InChI is InChI=1S/C18H19N3O4S/c1-24-16-9-14-15(10-17(16)25-2)19-11-20-18(14)13-5-3-12(4-6-13)7-8-21-26(22)23/h3-6,9-11,26H,7-8H2,1-2H3,(H,21,22,23). The van der Waals surface area contributed by atoms with Crippen molar-refractivity contribution in [3.05, 3.63) is 48.3 Å². The molecule has 2 aromatic carbocycles. The van der Waals surface area contributed by atoms with Crippen molar-refractivity contribution in [3.8, 4) is 22.8 Å². The monoisotopic (exact) mass is 373 g/mol. The van der Waals surface area contributed by atoms with E-state index in [9.17, 15) is 8.42 Å². The molecule has 0 fully saturated rings. The van der Waals surface area contributed by atoms with Crippen molar-refractivity contribution in [1.82, 2.24) is 14.7 Å². The summed E-state index contributed by atoms with van der Waals surface area (Å²) in [6.45, 7) is 0.380. The van der Waals surface area contributed by atoms with Gasteiger partial charge in [-0.25, -0.2) is 23.1 Å². The van der Waals surface area contributed by atoms with Gasteiger partial charge in [-0.3, -0.25) is 0 Å². The first-order valence-electron chi connectivity index (χ1n) is 7.96. The quantitative estimate of drug-likeness (QED) is 0.616. The lowest BCUT2D eigenvalue weighted by molar-refractivity contribution is 0.356. The highest BCUT2D eigenvalue weighted by atomic mass is 32.2. The topological polar surface area (TPSA) is 90.4 Å². The minimum absolute atomic E-state index is 0.380. The molecule has 7 nitrogen and oxygen atoms in total. The largest absolute Gasteiger partial charge is 0.493 e. The molecular weight excluding hydrogens is 354 g/mol. The van der Waals surface area contributed by atoms with Crippen molar-refractivity contribution in [2.45, 2.75) is 6.42 Å². The third-order valence-electron chi connectivity index (χ3n) is 4.02. The van der Waals surface area contributed by atoms with Gasteiger partial charge in [-0.05, 0) is 18.1 Å². The van der Waals surface area contributed by atoms with Gasteiger partial charge in [0.1, 0.15) is 6.33 Å². The molecule has 0 atom stereocenters. The molecule has 0 aliphatic carbocycles. The minimum Gasteiger partial charge on any atom is -0.493 e. The summed E-state index contributed by atoms with van der Waals surface area (Å²) in [5, 5.41) is 0.864. The SMILES string of the molecule is COc1cc2ncnc(-c3ccc(CCN[SH](=O)=O)cc3)c2cc1OC. The van der Waals surface area contributed by atoms with Gasteiger partial charge in [0.25, 0.3) is 0 Å². The molecule has 0 bridgehead atoms. The minimum atomic E-state index is -2.56. The Bertz CT molecular complexity index is 980. The van der Waals surface area contributed by atoms with E-state index in [1.54, 1.807) is 14.2 Å². The smallest absolute Gasteiger partial charge is 0.201 e. The highest BCUT2D eigenvalue weighted by Crippen LogP contribution is 2.35.